The van der Waals surface area contributed by atoms with Gasteiger partial charge in [-0.1, -0.05) is 6.58 Å². The number of carbonyl (C=O) groups excluding carboxylic acids is 1. The number of anilines is 1. The van der Waals surface area contributed by atoms with Crippen molar-refractivity contribution in [2.45, 2.75) is 6.92 Å². The lowest BCUT2D eigenvalue weighted by molar-refractivity contribution is -0.112. The number of amides is 1. The van der Waals surface area contributed by atoms with Crippen molar-refractivity contribution in [1.82, 2.24) is 4.98 Å². The smallest absolute Gasteiger partial charge is 0.267 e. The Morgan fingerprint density at radius 2 is 2.54 bits per heavy atom. The highest BCUT2D eigenvalue weighted by atomic mass is 32.1. The second-order valence-corrected chi connectivity index (χ2v) is 3.20. The zero-order valence-corrected chi connectivity index (χ0v) is 7.81. The van der Waals surface area contributed by atoms with E-state index in [0.29, 0.717) is 5.13 Å². The van der Waals surface area contributed by atoms with Gasteiger partial charge in [0.25, 0.3) is 5.91 Å². The molecule has 0 saturated carbocycles. The normalized spacial score (nSPS) is 8.92. The van der Waals surface area contributed by atoms with Crippen LogP contribution in [0.3, 0.4) is 0 Å². The summed E-state index contributed by atoms with van der Waals surface area (Å²) in [7, 11) is 0. The lowest BCUT2D eigenvalue weighted by Crippen LogP contribution is -2.12. The lowest BCUT2D eigenvalue weighted by atomic mass is 10.3. The van der Waals surface area contributed by atoms with Crippen LogP contribution in [-0.2, 0) is 4.79 Å². The third-order valence-corrected chi connectivity index (χ3v) is 2.12. The second-order valence-electron chi connectivity index (χ2n) is 2.34. The Labute approximate surface area is 79.5 Å². The Kier molecular flexibility index (Phi) is 2.77. The van der Waals surface area contributed by atoms with Crippen LogP contribution in [0.25, 0.3) is 0 Å². The van der Waals surface area contributed by atoms with Gasteiger partial charge in [0.1, 0.15) is 11.6 Å². The second kappa shape index (κ2) is 3.83. The van der Waals surface area contributed by atoms with E-state index in [-0.39, 0.29) is 5.57 Å². The Morgan fingerprint density at radius 3 is 3.00 bits per heavy atom. The summed E-state index contributed by atoms with van der Waals surface area (Å²) in [6.45, 7) is 5.10. The summed E-state index contributed by atoms with van der Waals surface area (Å²) in [4.78, 5) is 15.1. The fourth-order valence-electron chi connectivity index (χ4n) is 0.635. The first-order chi connectivity index (χ1) is 6.13. The summed E-state index contributed by atoms with van der Waals surface area (Å²) in [5, 5.41) is 13.1. The number of hydrogen-bond donors (Lipinski definition) is 1. The molecule has 0 spiro atoms. The summed E-state index contributed by atoms with van der Waals surface area (Å²) in [5.74, 6) is -0.503. The molecule has 13 heavy (non-hydrogen) atoms. The Hall–Kier alpha value is -1.67. The van der Waals surface area contributed by atoms with Crippen LogP contribution < -0.4 is 5.32 Å². The van der Waals surface area contributed by atoms with Crippen LogP contribution in [0, 0.1) is 18.3 Å². The van der Waals surface area contributed by atoms with E-state index >= 15 is 0 Å². The molecule has 1 heterocycles. The average molecular weight is 193 g/mol. The largest absolute Gasteiger partial charge is 0.297 e. The summed E-state index contributed by atoms with van der Waals surface area (Å²) < 4.78 is 0. The maximum Gasteiger partial charge on any atom is 0.267 e. The zero-order chi connectivity index (χ0) is 9.84. The molecule has 1 aromatic rings. The van der Waals surface area contributed by atoms with Gasteiger partial charge in [0.05, 0.1) is 5.69 Å². The highest BCUT2D eigenvalue weighted by molar-refractivity contribution is 7.13. The summed E-state index contributed by atoms with van der Waals surface area (Å²) in [6.07, 6.45) is 0. The van der Waals surface area contributed by atoms with E-state index in [0.717, 1.165) is 5.69 Å². The van der Waals surface area contributed by atoms with Gasteiger partial charge < -0.3 is 0 Å². The van der Waals surface area contributed by atoms with Gasteiger partial charge in [-0.3, -0.25) is 10.1 Å². The van der Waals surface area contributed by atoms with Crippen molar-refractivity contribution in [3.05, 3.63) is 23.2 Å². The first-order valence-electron chi connectivity index (χ1n) is 3.46. The average Bonchev–Trinajstić information content (AvgIpc) is 2.49. The van der Waals surface area contributed by atoms with Gasteiger partial charge in [-0.2, -0.15) is 5.26 Å². The SMILES string of the molecule is C=C(C#N)C(=O)Nc1nc(C)cs1. The zero-order valence-electron chi connectivity index (χ0n) is 7.00. The van der Waals surface area contributed by atoms with E-state index in [1.807, 2.05) is 12.3 Å². The minimum absolute atomic E-state index is 0.118. The van der Waals surface area contributed by atoms with Gasteiger partial charge in [-0.15, -0.1) is 11.3 Å². The fraction of sp³-hybridized carbons (Fsp3) is 0.125. The van der Waals surface area contributed by atoms with E-state index < -0.39 is 5.91 Å². The number of aromatic nitrogens is 1. The van der Waals surface area contributed by atoms with E-state index in [1.165, 1.54) is 11.3 Å². The van der Waals surface area contributed by atoms with E-state index in [9.17, 15) is 4.79 Å². The molecule has 0 fully saturated rings. The monoisotopic (exact) mass is 193 g/mol. The number of nitrogens with zero attached hydrogens (tertiary/aromatic N) is 2. The maximum absolute atomic E-state index is 11.1. The molecule has 1 aromatic heterocycles. The van der Waals surface area contributed by atoms with E-state index in [4.69, 9.17) is 5.26 Å². The molecule has 0 aliphatic heterocycles. The molecular weight excluding hydrogens is 186 g/mol. The molecular formula is C8H7N3OS. The minimum atomic E-state index is -0.503. The van der Waals surface area contributed by atoms with Crippen molar-refractivity contribution >= 4 is 22.4 Å². The molecule has 0 bridgehead atoms. The van der Waals surface area contributed by atoms with Gasteiger partial charge >= 0.3 is 0 Å². The Morgan fingerprint density at radius 1 is 1.85 bits per heavy atom. The first-order valence-corrected chi connectivity index (χ1v) is 4.34. The molecule has 0 unspecified atom stereocenters. The number of nitrogens with one attached hydrogen (secondary N) is 1. The van der Waals surface area contributed by atoms with Crippen molar-refractivity contribution in [3.8, 4) is 6.07 Å². The Bertz CT molecular complexity index is 388. The highest BCUT2D eigenvalue weighted by Gasteiger charge is 2.07. The molecule has 66 valence electrons. The Balaban J connectivity index is 2.66. The van der Waals surface area contributed by atoms with Gasteiger partial charge in [0, 0.05) is 5.38 Å². The maximum atomic E-state index is 11.1. The molecule has 0 aromatic carbocycles. The summed E-state index contributed by atoms with van der Waals surface area (Å²) in [6, 6.07) is 1.66. The topological polar surface area (TPSA) is 65.8 Å². The molecule has 1 amide bonds. The van der Waals surface area contributed by atoms with Crippen LogP contribution in [0.4, 0.5) is 5.13 Å². The summed E-state index contributed by atoms with van der Waals surface area (Å²) >= 11 is 1.31. The first kappa shape index (κ1) is 9.42. The number of rotatable bonds is 2. The van der Waals surface area contributed by atoms with E-state index in [2.05, 4.69) is 16.9 Å². The van der Waals surface area contributed by atoms with Crippen molar-refractivity contribution in [3.63, 3.8) is 0 Å². The van der Waals surface area contributed by atoms with Gasteiger partial charge in [-0.25, -0.2) is 4.98 Å². The molecule has 0 aliphatic rings. The van der Waals surface area contributed by atoms with Gasteiger partial charge in [0.15, 0.2) is 5.13 Å². The van der Waals surface area contributed by atoms with Crippen molar-refractivity contribution in [2.24, 2.45) is 0 Å². The predicted octanol–water partition coefficient (Wildman–Crippen LogP) is 1.47. The van der Waals surface area contributed by atoms with Gasteiger partial charge in [0.2, 0.25) is 0 Å². The molecule has 0 saturated heterocycles. The van der Waals surface area contributed by atoms with Crippen LogP contribution >= 0.6 is 11.3 Å². The fourth-order valence-corrected chi connectivity index (χ4v) is 1.32. The predicted molar refractivity (Wildman–Crippen MR) is 50.2 cm³/mol. The third kappa shape index (κ3) is 2.39. The van der Waals surface area contributed by atoms with E-state index in [1.54, 1.807) is 6.07 Å². The number of carbonyl (C=O) groups is 1. The minimum Gasteiger partial charge on any atom is -0.297 e. The molecule has 5 heteroatoms. The van der Waals surface area contributed by atoms with Gasteiger partial charge in [-0.05, 0) is 6.92 Å². The molecule has 0 atom stereocenters. The molecule has 0 aliphatic carbocycles. The number of thiazole rings is 1. The third-order valence-electron chi connectivity index (χ3n) is 1.25. The van der Waals surface area contributed by atoms with Crippen LogP contribution in [0.2, 0.25) is 0 Å². The summed E-state index contributed by atoms with van der Waals surface area (Å²) in [5.41, 5.74) is 0.718. The number of hydrogen-bond acceptors (Lipinski definition) is 4. The molecule has 1 N–H and O–H groups in total. The lowest BCUT2D eigenvalue weighted by Gasteiger charge is -1.96. The number of nitriles is 1. The highest BCUT2D eigenvalue weighted by Crippen LogP contribution is 2.14. The van der Waals surface area contributed by atoms with Crippen LogP contribution in [0.1, 0.15) is 5.69 Å². The standard InChI is InChI=1S/C8H7N3OS/c1-5(3-9)7(12)11-8-10-6(2)4-13-8/h4H,1H2,2H3,(H,10,11,12). The van der Waals surface area contributed by atoms with Crippen molar-refractivity contribution in [1.29, 1.82) is 5.26 Å². The molecule has 1 rings (SSSR count). The quantitative estimate of drug-likeness (QED) is 0.571. The van der Waals surface area contributed by atoms with Crippen LogP contribution in [0.5, 0.6) is 0 Å². The van der Waals surface area contributed by atoms with Crippen molar-refractivity contribution < 1.29 is 4.79 Å². The van der Waals surface area contributed by atoms with Crippen LogP contribution in [0.15, 0.2) is 17.5 Å². The molecule has 0 radical (unpaired) electrons. The number of aryl methyl sites for hydroxylation is 1. The van der Waals surface area contributed by atoms with Crippen LogP contribution in [-0.4, -0.2) is 10.9 Å². The van der Waals surface area contributed by atoms with Crippen molar-refractivity contribution in [2.75, 3.05) is 5.32 Å². The molecule has 4 nitrogen and oxygen atoms in total.